The second-order valence-electron chi connectivity index (χ2n) is 4.91. The van der Waals surface area contributed by atoms with Crippen molar-refractivity contribution in [1.29, 1.82) is 0 Å². The molecule has 12 heteroatoms. The van der Waals surface area contributed by atoms with Gasteiger partial charge in [0.2, 0.25) is 5.95 Å². The number of rotatable bonds is 8. The first-order valence-corrected chi connectivity index (χ1v) is 9.15. The molecule has 1 aromatic rings. The number of aliphatic hydroxyl groups is 1. The van der Waals surface area contributed by atoms with Crippen molar-refractivity contribution >= 4 is 13.5 Å². The van der Waals surface area contributed by atoms with E-state index in [0.717, 1.165) is 4.57 Å². The van der Waals surface area contributed by atoms with Gasteiger partial charge in [-0.2, -0.15) is 4.98 Å². The Balaban J connectivity index is 2.00. The fourth-order valence-corrected chi connectivity index (χ4v) is 3.51. The van der Waals surface area contributed by atoms with E-state index in [2.05, 4.69) is 9.97 Å². The minimum atomic E-state index is -3.43. The zero-order valence-electron chi connectivity index (χ0n) is 13.4. The molecule has 2 heterocycles. The summed E-state index contributed by atoms with van der Waals surface area (Å²) in [6.07, 6.45) is -2.07. The first-order valence-electron chi connectivity index (χ1n) is 7.42. The Morgan fingerprint density at radius 1 is 1.46 bits per heavy atom. The summed E-state index contributed by atoms with van der Waals surface area (Å²) in [5, 5.41) is 10.0. The van der Waals surface area contributed by atoms with E-state index in [1.807, 2.05) is 0 Å². The molecule has 24 heavy (non-hydrogen) atoms. The third kappa shape index (κ3) is 4.59. The van der Waals surface area contributed by atoms with Crippen molar-refractivity contribution in [2.45, 2.75) is 38.9 Å². The van der Waals surface area contributed by atoms with Crippen LogP contribution in [-0.2, 0) is 23.1 Å². The molecular weight excluding hydrogens is 343 g/mol. The van der Waals surface area contributed by atoms with E-state index in [1.165, 1.54) is 6.33 Å². The highest BCUT2D eigenvalue weighted by atomic mass is 31.2. The van der Waals surface area contributed by atoms with Gasteiger partial charge in [0.25, 0.3) is 0 Å². The third-order valence-corrected chi connectivity index (χ3v) is 4.92. The lowest BCUT2D eigenvalue weighted by Gasteiger charge is -2.21. The lowest BCUT2D eigenvalue weighted by molar-refractivity contribution is -0.169. The molecule has 11 nitrogen and oxygen atoms in total. The highest BCUT2D eigenvalue weighted by molar-refractivity contribution is 7.53. The minimum Gasteiger partial charge on any atom is -0.388 e. The summed E-state index contributed by atoms with van der Waals surface area (Å²) < 4.78 is 34.4. The fraction of sp³-hybridized carbons (Fsp3) is 0.750. The molecule has 1 aliphatic heterocycles. The molecule has 1 aliphatic rings. The number of aliphatic hydroxyl groups excluding tert-OH is 1. The Bertz CT molecular complexity index is 645. The van der Waals surface area contributed by atoms with Crippen LogP contribution in [0.3, 0.4) is 0 Å². The molecule has 3 N–H and O–H groups in total. The van der Waals surface area contributed by atoms with Gasteiger partial charge in [0.15, 0.2) is 12.6 Å². The van der Waals surface area contributed by atoms with Crippen LogP contribution >= 0.6 is 7.60 Å². The maximum atomic E-state index is 12.3. The number of hydrogen-bond acceptors (Lipinski definition) is 10. The SMILES string of the molecule is CCOP(=O)(CO[C@H]1O[C@@H](n2cnc(N)nc2=O)C[C@@H]1O)OCC. The van der Waals surface area contributed by atoms with Crippen molar-refractivity contribution in [3.8, 4) is 0 Å². The summed E-state index contributed by atoms with van der Waals surface area (Å²) in [4.78, 5) is 19.0. The highest BCUT2D eigenvalue weighted by Crippen LogP contribution is 2.48. The number of aromatic nitrogens is 3. The van der Waals surface area contributed by atoms with Crippen molar-refractivity contribution in [2.75, 3.05) is 25.3 Å². The van der Waals surface area contributed by atoms with Gasteiger partial charge in [0, 0.05) is 6.42 Å². The van der Waals surface area contributed by atoms with Crippen molar-refractivity contribution in [3.63, 3.8) is 0 Å². The average Bonchev–Trinajstić information content (AvgIpc) is 2.86. The van der Waals surface area contributed by atoms with Crippen LogP contribution in [-0.4, -0.2) is 51.6 Å². The average molecular weight is 364 g/mol. The predicted molar refractivity (Wildman–Crippen MR) is 82.0 cm³/mol. The molecule has 0 spiro atoms. The zero-order chi connectivity index (χ0) is 17.7. The first-order chi connectivity index (χ1) is 11.4. The van der Waals surface area contributed by atoms with E-state index in [-0.39, 0.29) is 31.9 Å². The first kappa shape index (κ1) is 19.0. The maximum absolute atomic E-state index is 12.3. The molecule has 0 amide bonds. The minimum absolute atomic E-state index is 0.0748. The van der Waals surface area contributed by atoms with E-state index in [4.69, 9.17) is 24.3 Å². The summed E-state index contributed by atoms with van der Waals surface area (Å²) >= 11 is 0. The quantitative estimate of drug-likeness (QED) is 0.607. The van der Waals surface area contributed by atoms with Crippen molar-refractivity contribution in [1.82, 2.24) is 14.5 Å². The Labute approximate surface area is 138 Å². The van der Waals surface area contributed by atoms with Crippen LogP contribution < -0.4 is 11.4 Å². The van der Waals surface area contributed by atoms with Crippen LogP contribution in [0.5, 0.6) is 0 Å². The Morgan fingerprint density at radius 2 is 2.12 bits per heavy atom. The van der Waals surface area contributed by atoms with Gasteiger partial charge in [-0.1, -0.05) is 0 Å². The molecule has 1 fully saturated rings. The maximum Gasteiger partial charge on any atom is 0.356 e. The molecule has 2 rings (SSSR count). The lowest BCUT2D eigenvalue weighted by Crippen LogP contribution is -2.29. The largest absolute Gasteiger partial charge is 0.388 e. The summed E-state index contributed by atoms with van der Waals surface area (Å²) in [6.45, 7) is 3.73. The van der Waals surface area contributed by atoms with Crippen LogP contribution in [0.4, 0.5) is 5.95 Å². The van der Waals surface area contributed by atoms with Gasteiger partial charge in [-0.05, 0) is 13.8 Å². The molecule has 1 aromatic heterocycles. The third-order valence-electron chi connectivity index (χ3n) is 3.15. The zero-order valence-corrected chi connectivity index (χ0v) is 14.3. The van der Waals surface area contributed by atoms with Crippen LogP contribution in [0.25, 0.3) is 0 Å². The van der Waals surface area contributed by atoms with E-state index < -0.39 is 31.9 Å². The van der Waals surface area contributed by atoms with E-state index >= 15 is 0 Å². The summed E-state index contributed by atoms with van der Waals surface area (Å²) in [5.41, 5.74) is 4.67. The van der Waals surface area contributed by atoms with Gasteiger partial charge in [-0.15, -0.1) is 0 Å². The number of hydrogen-bond donors (Lipinski definition) is 2. The lowest BCUT2D eigenvalue weighted by atomic mass is 10.3. The van der Waals surface area contributed by atoms with Gasteiger partial charge in [0.05, 0.1) is 13.2 Å². The van der Waals surface area contributed by atoms with E-state index in [1.54, 1.807) is 13.8 Å². The Morgan fingerprint density at radius 3 is 2.71 bits per heavy atom. The predicted octanol–water partition coefficient (Wildman–Crippen LogP) is 0.0666. The highest BCUT2D eigenvalue weighted by Gasteiger charge is 2.38. The Kier molecular flexibility index (Phi) is 6.44. The van der Waals surface area contributed by atoms with Gasteiger partial charge in [-0.3, -0.25) is 9.13 Å². The number of nitrogens with two attached hydrogens (primary N) is 1. The van der Waals surface area contributed by atoms with E-state index in [9.17, 15) is 14.5 Å². The number of nitrogen functional groups attached to an aromatic ring is 1. The van der Waals surface area contributed by atoms with Gasteiger partial charge in [0.1, 0.15) is 18.7 Å². The summed E-state index contributed by atoms with van der Waals surface area (Å²) in [5.74, 6) is -0.156. The van der Waals surface area contributed by atoms with Crippen molar-refractivity contribution in [3.05, 3.63) is 16.8 Å². The molecule has 0 unspecified atom stereocenters. The molecule has 3 atom stereocenters. The van der Waals surface area contributed by atoms with Crippen LogP contribution in [0.2, 0.25) is 0 Å². The molecule has 136 valence electrons. The molecule has 0 bridgehead atoms. The van der Waals surface area contributed by atoms with Crippen molar-refractivity contribution < 1.29 is 28.2 Å². The molecular formula is C12H21N4O7P. The van der Waals surface area contributed by atoms with Crippen LogP contribution in [0.15, 0.2) is 11.1 Å². The van der Waals surface area contributed by atoms with Crippen LogP contribution in [0.1, 0.15) is 26.5 Å². The number of anilines is 1. The topological polar surface area (TPSA) is 148 Å². The smallest absolute Gasteiger partial charge is 0.356 e. The second-order valence-corrected chi connectivity index (χ2v) is 6.91. The molecule has 0 aromatic carbocycles. The molecule has 0 radical (unpaired) electrons. The molecule has 1 saturated heterocycles. The molecule has 0 saturated carbocycles. The van der Waals surface area contributed by atoms with Gasteiger partial charge >= 0.3 is 13.3 Å². The summed E-state index contributed by atoms with van der Waals surface area (Å²) in [6, 6.07) is 0. The standard InChI is InChI=1S/C12H21N4O7P/c1-3-21-24(19,22-4-2)7-20-10-8(17)5-9(23-10)16-6-14-11(13)15-12(16)18/h6,8-10,17H,3-5,7H2,1-2H3,(H2,13,15,18)/t8-,9+,10-/m0/s1. The fourth-order valence-electron chi connectivity index (χ4n) is 2.17. The van der Waals surface area contributed by atoms with Gasteiger partial charge < -0.3 is 29.4 Å². The van der Waals surface area contributed by atoms with Gasteiger partial charge in [-0.25, -0.2) is 9.78 Å². The number of ether oxygens (including phenoxy) is 2. The van der Waals surface area contributed by atoms with Crippen molar-refractivity contribution in [2.24, 2.45) is 0 Å². The monoisotopic (exact) mass is 364 g/mol. The van der Waals surface area contributed by atoms with Crippen LogP contribution in [0, 0.1) is 0 Å². The molecule has 0 aliphatic carbocycles. The number of nitrogens with zero attached hydrogens (tertiary/aromatic N) is 3. The Hall–Kier alpha value is -1.36. The van der Waals surface area contributed by atoms with E-state index in [0.29, 0.717) is 0 Å². The summed E-state index contributed by atoms with van der Waals surface area (Å²) in [7, 11) is -3.43. The normalized spacial score (nSPS) is 24.4. The second kappa shape index (κ2) is 8.15.